The van der Waals surface area contributed by atoms with Gasteiger partial charge < -0.3 is 4.74 Å². The summed E-state index contributed by atoms with van der Waals surface area (Å²) in [5, 5.41) is 0.161. The monoisotopic (exact) mass is 214 g/mol. The number of carbonyl (C=O) groups is 1. The fourth-order valence-corrected chi connectivity index (χ4v) is 1.11. The number of esters is 1. The van der Waals surface area contributed by atoms with Crippen LogP contribution in [0.2, 0.25) is 5.28 Å². The van der Waals surface area contributed by atoms with Crippen LogP contribution < -0.4 is 0 Å². The summed E-state index contributed by atoms with van der Waals surface area (Å²) in [5.41, 5.74) is -0.0759. The molecule has 0 saturated carbocycles. The molecule has 0 spiro atoms. The molecule has 14 heavy (non-hydrogen) atoms. The van der Waals surface area contributed by atoms with Gasteiger partial charge in [0, 0.05) is 18.0 Å². The Morgan fingerprint density at radius 2 is 1.93 bits per heavy atom. The predicted octanol–water partition coefficient (Wildman–Crippen LogP) is 1.58. The second kappa shape index (κ2) is 3.92. The third kappa shape index (κ3) is 2.01. The summed E-state index contributed by atoms with van der Waals surface area (Å²) < 4.78 is 4.67. The standard InChI is InChI=1S/C9H11ClN2O2/c1-9(2,7(13)14-3)6-4-11-8(10)12-5-6/h4-5H,1-3H3. The highest BCUT2D eigenvalue weighted by molar-refractivity contribution is 6.28. The zero-order valence-corrected chi connectivity index (χ0v) is 9.00. The molecular weight excluding hydrogens is 204 g/mol. The molecule has 0 aliphatic rings. The van der Waals surface area contributed by atoms with E-state index in [0.717, 1.165) is 0 Å². The molecule has 0 radical (unpaired) electrons. The largest absolute Gasteiger partial charge is 0.468 e. The molecule has 1 aromatic rings. The Bertz CT molecular complexity index is 335. The third-order valence-corrected chi connectivity index (χ3v) is 2.23. The number of nitrogens with zero attached hydrogens (tertiary/aromatic N) is 2. The van der Waals surface area contributed by atoms with Gasteiger partial charge in [-0.05, 0) is 25.4 Å². The van der Waals surface area contributed by atoms with Gasteiger partial charge in [0.1, 0.15) is 0 Å². The first kappa shape index (κ1) is 10.9. The minimum absolute atomic E-state index is 0.161. The number of rotatable bonds is 2. The smallest absolute Gasteiger partial charge is 0.315 e. The van der Waals surface area contributed by atoms with Crippen LogP contribution in [0.3, 0.4) is 0 Å². The third-order valence-electron chi connectivity index (χ3n) is 2.04. The van der Waals surface area contributed by atoms with Gasteiger partial charge in [0.15, 0.2) is 0 Å². The number of carbonyl (C=O) groups excluding carboxylic acids is 1. The van der Waals surface area contributed by atoms with Gasteiger partial charge in [-0.3, -0.25) is 4.79 Å². The van der Waals surface area contributed by atoms with Crippen LogP contribution in [0.15, 0.2) is 12.4 Å². The van der Waals surface area contributed by atoms with E-state index >= 15 is 0 Å². The number of hydrogen-bond acceptors (Lipinski definition) is 4. The number of ether oxygens (including phenoxy) is 1. The van der Waals surface area contributed by atoms with Crippen molar-refractivity contribution in [1.29, 1.82) is 0 Å². The van der Waals surface area contributed by atoms with Crippen LogP contribution in [0.4, 0.5) is 0 Å². The highest BCUT2D eigenvalue weighted by Crippen LogP contribution is 2.23. The number of aromatic nitrogens is 2. The first-order chi connectivity index (χ1) is 6.48. The zero-order valence-electron chi connectivity index (χ0n) is 8.24. The Hall–Kier alpha value is -1.16. The minimum Gasteiger partial charge on any atom is -0.468 e. The molecule has 1 aromatic heterocycles. The van der Waals surface area contributed by atoms with Gasteiger partial charge in [-0.2, -0.15) is 0 Å². The van der Waals surface area contributed by atoms with Crippen LogP contribution in [0, 0.1) is 0 Å². The van der Waals surface area contributed by atoms with Gasteiger partial charge in [-0.1, -0.05) is 0 Å². The highest BCUT2D eigenvalue weighted by atomic mass is 35.5. The molecule has 5 heteroatoms. The average molecular weight is 215 g/mol. The number of hydrogen-bond donors (Lipinski definition) is 0. The van der Waals surface area contributed by atoms with Crippen LogP contribution in [0.25, 0.3) is 0 Å². The van der Waals surface area contributed by atoms with Gasteiger partial charge >= 0.3 is 5.97 Å². The summed E-state index contributed by atoms with van der Waals surface area (Å²) in [6, 6.07) is 0. The maximum Gasteiger partial charge on any atom is 0.315 e. The van der Waals surface area contributed by atoms with Gasteiger partial charge in [-0.15, -0.1) is 0 Å². The molecule has 76 valence electrons. The van der Waals surface area contributed by atoms with Crippen molar-refractivity contribution in [3.63, 3.8) is 0 Å². The zero-order chi connectivity index (χ0) is 10.8. The topological polar surface area (TPSA) is 52.1 Å². The maximum absolute atomic E-state index is 11.4. The normalized spacial score (nSPS) is 11.1. The van der Waals surface area contributed by atoms with Crippen LogP contribution in [0.5, 0.6) is 0 Å². The Kier molecular flexibility index (Phi) is 3.06. The van der Waals surface area contributed by atoms with Crippen molar-refractivity contribution >= 4 is 17.6 Å². The summed E-state index contributed by atoms with van der Waals surface area (Å²) in [5.74, 6) is -0.330. The van der Waals surface area contributed by atoms with Gasteiger partial charge in [0.25, 0.3) is 0 Å². The van der Waals surface area contributed by atoms with Gasteiger partial charge in [0.2, 0.25) is 5.28 Å². The molecule has 0 bridgehead atoms. The fourth-order valence-electron chi connectivity index (χ4n) is 1.01. The molecule has 0 aliphatic carbocycles. The van der Waals surface area contributed by atoms with Crippen molar-refractivity contribution in [3.8, 4) is 0 Å². The Morgan fingerprint density at radius 1 is 1.43 bits per heavy atom. The molecule has 0 unspecified atom stereocenters. The second-order valence-corrected chi connectivity index (χ2v) is 3.70. The molecule has 0 saturated heterocycles. The lowest BCUT2D eigenvalue weighted by Crippen LogP contribution is -2.30. The predicted molar refractivity (Wildman–Crippen MR) is 52.1 cm³/mol. The van der Waals surface area contributed by atoms with Crippen molar-refractivity contribution < 1.29 is 9.53 Å². The number of halogens is 1. The van der Waals surface area contributed by atoms with Gasteiger partial charge in [0.05, 0.1) is 12.5 Å². The lowest BCUT2D eigenvalue weighted by molar-refractivity contribution is -0.146. The molecule has 0 aromatic carbocycles. The van der Waals surface area contributed by atoms with E-state index in [1.807, 2.05) is 0 Å². The van der Waals surface area contributed by atoms with Crippen molar-refractivity contribution in [3.05, 3.63) is 23.2 Å². The lowest BCUT2D eigenvalue weighted by atomic mass is 9.87. The van der Waals surface area contributed by atoms with E-state index in [4.69, 9.17) is 11.6 Å². The van der Waals surface area contributed by atoms with E-state index in [9.17, 15) is 4.79 Å². The van der Waals surface area contributed by atoms with E-state index in [1.54, 1.807) is 13.8 Å². The van der Waals surface area contributed by atoms with Crippen molar-refractivity contribution in [2.24, 2.45) is 0 Å². The minimum atomic E-state index is -0.751. The molecule has 0 fully saturated rings. The highest BCUT2D eigenvalue weighted by Gasteiger charge is 2.31. The van der Waals surface area contributed by atoms with Crippen LogP contribution >= 0.6 is 11.6 Å². The van der Waals surface area contributed by atoms with E-state index < -0.39 is 5.41 Å². The van der Waals surface area contributed by atoms with Crippen molar-refractivity contribution in [2.45, 2.75) is 19.3 Å². The Labute approximate surface area is 87.3 Å². The summed E-state index contributed by atoms with van der Waals surface area (Å²) in [7, 11) is 1.35. The van der Waals surface area contributed by atoms with E-state index in [2.05, 4.69) is 14.7 Å². The molecule has 0 amide bonds. The van der Waals surface area contributed by atoms with E-state index in [-0.39, 0.29) is 11.3 Å². The molecule has 0 aliphatic heterocycles. The lowest BCUT2D eigenvalue weighted by Gasteiger charge is -2.20. The molecule has 0 atom stereocenters. The molecule has 1 rings (SSSR count). The molecular formula is C9H11ClN2O2. The van der Waals surface area contributed by atoms with Crippen LogP contribution in [-0.4, -0.2) is 23.0 Å². The summed E-state index contributed by atoms with van der Waals surface area (Å²) in [6.07, 6.45) is 3.04. The Morgan fingerprint density at radius 3 is 2.36 bits per heavy atom. The van der Waals surface area contributed by atoms with Crippen molar-refractivity contribution in [2.75, 3.05) is 7.11 Å². The molecule has 0 N–H and O–H groups in total. The fraction of sp³-hybridized carbons (Fsp3) is 0.444. The molecule has 4 nitrogen and oxygen atoms in total. The van der Waals surface area contributed by atoms with E-state index in [0.29, 0.717) is 5.56 Å². The van der Waals surface area contributed by atoms with Crippen molar-refractivity contribution in [1.82, 2.24) is 9.97 Å². The number of methoxy groups -OCH3 is 1. The first-order valence-electron chi connectivity index (χ1n) is 4.05. The molecule has 1 heterocycles. The van der Waals surface area contributed by atoms with Crippen LogP contribution in [0.1, 0.15) is 19.4 Å². The average Bonchev–Trinajstić information content (AvgIpc) is 2.17. The van der Waals surface area contributed by atoms with Gasteiger partial charge in [-0.25, -0.2) is 9.97 Å². The summed E-state index contributed by atoms with van der Waals surface area (Å²) in [6.45, 7) is 3.48. The first-order valence-corrected chi connectivity index (χ1v) is 4.42. The van der Waals surface area contributed by atoms with Crippen LogP contribution in [-0.2, 0) is 14.9 Å². The summed E-state index contributed by atoms with van der Waals surface area (Å²) >= 11 is 5.54. The maximum atomic E-state index is 11.4. The quantitative estimate of drug-likeness (QED) is 0.554. The Balaban J connectivity index is 3.03. The second-order valence-electron chi connectivity index (χ2n) is 3.36. The summed E-state index contributed by atoms with van der Waals surface area (Å²) in [4.78, 5) is 19.0. The van der Waals surface area contributed by atoms with E-state index in [1.165, 1.54) is 19.5 Å². The SMILES string of the molecule is COC(=O)C(C)(C)c1cnc(Cl)nc1.